The standard InChI is InChI=1S/C13H18O3S/c1-10-5-7-11(8-6-10)13(14)12-4-2-3-9-17(12,15)16/h5-8,12-14H,2-4,9H2,1H3. The highest BCUT2D eigenvalue weighted by atomic mass is 32.2. The highest BCUT2D eigenvalue weighted by molar-refractivity contribution is 7.92. The number of aliphatic hydroxyl groups is 1. The van der Waals surface area contributed by atoms with Crippen molar-refractivity contribution in [2.75, 3.05) is 5.75 Å². The first-order chi connectivity index (χ1) is 8.00. The third-order valence-corrected chi connectivity index (χ3v) is 5.67. The number of benzene rings is 1. The first-order valence-corrected chi connectivity index (χ1v) is 7.68. The molecular formula is C13H18O3S. The van der Waals surface area contributed by atoms with E-state index in [1.807, 2.05) is 31.2 Å². The average Bonchev–Trinajstić information content (AvgIpc) is 2.28. The Bertz CT molecular complexity index is 476. The number of aryl methyl sites for hydroxylation is 1. The van der Waals surface area contributed by atoms with Gasteiger partial charge in [-0.3, -0.25) is 0 Å². The molecule has 2 rings (SSSR count). The van der Waals surface area contributed by atoms with Crippen molar-refractivity contribution in [2.24, 2.45) is 0 Å². The summed E-state index contributed by atoms with van der Waals surface area (Å²) in [4.78, 5) is 0. The van der Waals surface area contributed by atoms with Crippen LogP contribution in [-0.4, -0.2) is 24.5 Å². The minimum atomic E-state index is -3.13. The van der Waals surface area contributed by atoms with Crippen molar-refractivity contribution in [3.63, 3.8) is 0 Å². The van der Waals surface area contributed by atoms with Gasteiger partial charge in [0.2, 0.25) is 0 Å². The van der Waals surface area contributed by atoms with E-state index >= 15 is 0 Å². The summed E-state index contributed by atoms with van der Waals surface area (Å²) in [5, 5.41) is 9.57. The van der Waals surface area contributed by atoms with Crippen LogP contribution >= 0.6 is 0 Å². The summed E-state index contributed by atoms with van der Waals surface area (Å²) in [7, 11) is -3.13. The van der Waals surface area contributed by atoms with E-state index in [1.54, 1.807) is 0 Å². The van der Waals surface area contributed by atoms with Crippen molar-refractivity contribution in [2.45, 2.75) is 37.5 Å². The molecule has 0 amide bonds. The molecule has 17 heavy (non-hydrogen) atoms. The highest BCUT2D eigenvalue weighted by Gasteiger charge is 2.35. The van der Waals surface area contributed by atoms with Crippen LogP contribution in [0.1, 0.15) is 36.5 Å². The third-order valence-electron chi connectivity index (χ3n) is 3.40. The maximum atomic E-state index is 11.9. The van der Waals surface area contributed by atoms with E-state index in [4.69, 9.17) is 0 Å². The second-order valence-corrected chi connectivity index (χ2v) is 7.10. The van der Waals surface area contributed by atoms with Gasteiger partial charge in [0.25, 0.3) is 0 Å². The molecule has 1 aromatic rings. The zero-order valence-corrected chi connectivity index (χ0v) is 10.8. The summed E-state index contributed by atoms with van der Waals surface area (Å²) in [6.07, 6.45) is 1.28. The van der Waals surface area contributed by atoms with Crippen LogP contribution in [0.15, 0.2) is 24.3 Å². The van der Waals surface area contributed by atoms with Crippen molar-refractivity contribution >= 4 is 9.84 Å². The number of rotatable bonds is 2. The molecule has 3 nitrogen and oxygen atoms in total. The van der Waals surface area contributed by atoms with E-state index < -0.39 is 21.2 Å². The Balaban J connectivity index is 2.24. The smallest absolute Gasteiger partial charge is 0.156 e. The van der Waals surface area contributed by atoms with Crippen molar-refractivity contribution in [3.8, 4) is 0 Å². The third kappa shape index (κ3) is 2.69. The van der Waals surface area contributed by atoms with Crippen LogP contribution in [0.2, 0.25) is 0 Å². The molecule has 2 unspecified atom stereocenters. The molecule has 1 aliphatic rings. The minimum absolute atomic E-state index is 0.209. The van der Waals surface area contributed by atoms with E-state index in [9.17, 15) is 13.5 Å². The van der Waals surface area contributed by atoms with Gasteiger partial charge in [-0.15, -0.1) is 0 Å². The second-order valence-electron chi connectivity index (χ2n) is 4.76. The van der Waals surface area contributed by atoms with Crippen LogP contribution in [0.5, 0.6) is 0 Å². The molecule has 94 valence electrons. The van der Waals surface area contributed by atoms with Crippen LogP contribution in [0.3, 0.4) is 0 Å². The van der Waals surface area contributed by atoms with Crippen LogP contribution in [0.4, 0.5) is 0 Å². The first-order valence-electron chi connectivity index (χ1n) is 5.97. The largest absolute Gasteiger partial charge is 0.387 e. The Morgan fingerprint density at radius 2 is 1.88 bits per heavy atom. The van der Waals surface area contributed by atoms with E-state index in [0.29, 0.717) is 12.0 Å². The molecule has 0 saturated carbocycles. The molecule has 0 aliphatic carbocycles. The van der Waals surface area contributed by atoms with E-state index in [0.717, 1.165) is 18.4 Å². The fourth-order valence-electron chi connectivity index (χ4n) is 2.31. The summed E-state index contributed by atoms with van der Waals surface area (Å²) in [6.45, 7) is 1.97. The molecule has 1 heterocycles. The molecule has 1 saturated heterocycles. The summed E-state index contributed by atoms with van der Waals surface area (Å²) in [5.74, 6) is 0.209. The van der Waals surface area contributed by atoms with Gasteiger partial charge in [0.15, 0.2) is 9.84 Å². The number of hydrogen-bond donors (Lipinski definition) is 1. The SMILES string of the molecule is Cc1ccc(C(O)C2CCCCS2(=O)=O)cc1. The van der Waals surface area contributed by atoms with Crippen LogP contribution < -0.4 is 0 Å². The van der Waals surface area contributed by atoms with E-state index in [1.165, 1.54) is 0 Å². The minimum Gasteiger partial charge on any atom is -0.387 e. The summed E-state index contributed by atoms with van der Waals surface area (Å²) >= 11 is 0. The summed E-state index contributed by atoms with van der Waals surface area (Å²) in [5.41, 5.74) is 1.80. The van der Waals surface area contributed by atoms with Gasteiger partial charge in [-0.05, 0) is 25.3 Å². The Morgan fingerprint density at radius 1 is 1.24 bits per heavy atom. The normalized spacial score (nSPS) is 25.4. The monoisotopic (exact) mass is 254 g/mol. The summed E-state index contributed by atoms with van der Waals surface area (Å²) in [6, 6.07) is 7.41. The predicted molar refractivity (Wildman–Crippen MR) is 67.6 cm³/mol. The van der Waals surface area contributed by atoms with Gasteiger partial charge in [0.05, 0.1) is 17.1 Å². The average molecular weight is 254 g/mol. The lowest BCUT2D eigenvalue weighted by Crippen LogP contribution is -2.33. The maximum absolute atomic E-state index is 11.9. The van der Waals surface area contributed by atoms with Gasteiger partial charge in [-0.25, -0.2) is 8.42 Å². The molecule has 0 bridgehead atoms. The first kappa shape index (κ1) is 12.6. The predicted octanol–water partition coefficient (Wildman–Crippen LogP) is 2.00. The molecule has 1 aliphatic heterocycles. The van der Waals surface area contributed by atoms with Crippen LogP contribution in [0, 0.1) is 6.92 Å². The van der Waals surface area contributed by atoms with Crippen molar-refractivity contribution in [1.29, 1.82) is 0 Å². The Labute approximate surface area is 102 Å². The molecule has 2 atom stereocenters. The van der Waals surface area contributed by atoms with Crippen molar-refractivity contribution < 1.29 is 13.5 Å². The topological polar surface area (TPSA) is 54.4 Å². The lowest BCUT2D eigenvalue weighted by Gasteiger charge is -2.26. The molecule has 1 fully saturated rings. The Hall–Kier alpha value is -0.870. The number of sulfone groups is 1. The second kappa shape index (κ2) is 4.78. The highest BCUT2D eigenvalue weighted by Crippen LogP contribution is 2.30. The lowest BCUT2D eigenvalue weighted by molar-refractivity contribution is 0.164. The van der Waals surface area contributed by atoms with Crippen molar-refractivity contribution in [3.05, 3.63) is 35.4 Å². The molecule has 0 aromatic heterocycles. The zero-order valence-electron chi connectivity index (χ0n) is 9.96. The van der Waals surface area contributed by atoms with E-state index in [2.05, 4.69) is 0 Å². The van der Waals surface area contributed by atoms with E-state index in [-0.39, 0.29) is 5.75 Å². The van der Waals surface area contributed by atoms with Crippen LogP contribution in [0.25, 0.3) is 0 Å². The Morgan fingerprint density at radius 3 is 2.47 bits per heavy atom. The molecular weight excluding hydrogens is 236 g/mol. The van der Waals surface area contributed by atoms with Crippen molar-refractivity contribution in [1.82, 2.24) is 0 Å². The quantitative estimate of drug-likeness (QED) is 0.878. The molecule has 1 N–H and O–H groups in total. The molecule has 0 spiro atoms. The zero-order chi connectivity index (χ0) is 12.5. The van der Waals surface area contributed by atoms with Gasteiger partial charge in [0.1, 0.15) is 0 Å². The summed E-state index contributed by atoms with van der Waals surface area (Å²) < 4.78 is 23.8. The maximum Gasteiger partial charge on any atom is 0.156 e. The number of aliphatic hydroxyl groups excluding tert-OH is 1. The van der Waals surface area contributed by atoms with Gasteiger partial charge >= 0.3 is 0 Å². The van der Waals surface area contributed by atoms with Gasteiger partial charge in [-0.2, -0.15) is 0 Å². The molecule has 4 heteroatoms. The van der Waals surface area contributed by atoms with Gasteiger partial charge in [-0.1, -0.05) is 36.2 Å². The molecule has 0 radical (unpaired) electrons. The fourth-order valence-corrected chi connectivity index (χ4v) is 4.30. The molecule has 1 aromatic carbocycles. The van der Waals surface area contributed by atoms with Crippen LogP contribution in [-0.2, 0) is 9.84 Å². The lowest BCUT2D eigenvalue weighted by atomic mass is 10.0. The fraction of sp³-hybridized carbons (Fsp3) is 0.538. The number of hydrogen-bond acceptors (Lipinski definition) is 3. The van der Waals surface area contributed by atoms with Gasteiger partial charge in [0, 0.05) is 0 Å². The van der Waals surface area contributed by atoms with Gasteiger partial charge < -0.3 is 5.11 Å². The Kier molecular flexibility index (Phi) is 3.54.